The van der Waals surface area contributed by atoms with Crippen molar-refractivity contribution in [1.29, 1.82) is 0 Å². The SMILES string of the molecule is Cc1cc(C)n(-c2ncnc(NCCN3CCOCC3)c2[N+](=O)[O-])n1. The third kappa shape index (κ3) is 3.91. The van der Waals surface area contributed by atoms with E-state index in [9.17, 15) is 10.1 Å². The summed E-state index contributed by atoms with van der Waals surface area (Å²) in [6.07, 6.45) is 1.32. The van der Waals surface area contributed by atoms with Gasteiger partial charge < -0.3 is 10.1 Å². The molecule has 3 heterocycles. The van der Waals surface area contributed by atoms with Gasteiger partial charge in [-0.15, -0.1) is 0 Å². The van der Waals surface area contributed by atoms with Crippen LogP contribution in [-0.4, -0.2) is 69.0 Å². The first kappa shape index (κ1) is 17.2. The van der Waals surface area contributed by atoms with Crippen molar-refractivity contribution >= 4 is 11.5 Å². The lowest BCUT2D eigenvalue weighted by Crippen LogP contribution is -2.39. The van der Waals surface area contributed by atoms with E-state index in [-0.39, 0.29) is 17.3 Å². The molecule has 1 saturated heterocycles. The number of rotatable bonds is 6. The number of nitrogens with one attached hydrogen (secondary N) is 1. The van der Waals surface area contributed by atoms with Crippen LogP contribution in [0.2, 0.25) is 0 Å². The summed E-state index contributed by atoms with van der Waals surface area (Å²) < 4.78 is 6.79. The van der Waals surface area contributed by atoms with Crippen LogP contribution in [0.25, 0.3) is 5.82 Å². The van der Waals surface area contributed by atoms with Crippen LogP contribution in [0.1, 0.15) is 11.4 Å². The Labute approximate surface area is 145 Å². The second-order valence-corrected chi connectivity index (χ2v) is 5.87. The van der Waals surface area contributed by atoms with E-state index < -0.39 is 4.92 Å². The molecule has 0 atom stereocenters. The fourth-order valence-corrected chi connectivity index (χ4v) is 2.82. The summed E-state index contributed by atoms with van der Waals surface area (Å²) in [6.45, 7) is 8.14. The van der Waals surface area contributed by atoms with Gasteiger partial charge >= 0.3 is 5.69 Å². The average Bonchev–Trinajstić information content (AvgIpc) is 2.93. The van der Waals surface area contributed by atoms with E-state index in [1.165, 1.54) is 11.0 Å². The molecule has 25 heavy (non-hydrogen) atoms. The van der Waals surface area contributed by atoms with Crippen molar-refractivity contribution in [3.05, 3.63) is 33.9 Å². The lowest BCUT2D eigenvalue weighted by molar-refractivity contribution is -0.384. The fraction of sp³-hybridized carbons (Fsp3) is 0.533. The molecule has 0 amide bonds. The van der Waals surface area contributed by atoms with Crippen molar-refractivity contribution in [2.75, 3.05) is 44.7 Å². The van der Waals surface area contributed by atoms with Crippen LogP contribution in [0.3, 0.4) is 0 Å². The predicted molar refractivity (Wildman–Crippen MR) is 91.0 cm³/mol. The standard InChI is InChI=1S/C15H21N7O3/c1-11-9-12(2)21(19-11)15-13(22(23)24)14(17-10-18-15)16-3-4-20-5-7-25-8-6-20/h9-10H,3-8H2,1-2H3,(H,16,17,18). The zero-order chi connectivity index (χ0) is 17.8. The summed E-state index contributed by atoms with van der Waals surface area (Å²) in [4.78, 5) is 21.5. The van der Waals surface area contributed by atoms with Crippen LogP contribution in [0.15, 0.2) is 12.4 Å². The molecule has 2 aromatic heterocycles. The van der Waals surface area contributed by atoms with Crippen molar-refractivity contribution < 1.29 is 9.66 Å². The molecule has 10 heteroatoms. The van der Waals surface area contributed by atoms with E-state index in [1.807, 2.05) is 19.9 Å². The zero-order valence-electron chi connectivity index (χ0n) is 14.3. The van der Waals surface area contributed by atoms with E-state index in [0.717, 1.165) is 44.2 Å². The van der Waals surface area contributed by atoms with Crippen molar-refractivity contribution in [2.45, 2.75) is 13.8 Å². The number of hydrogen-bond acceptors (Lipinski definition) is 8. The van der Waals surface area contributed by atoms with Gasteiger partial charge in [0, 0.05) is 31.9 Å². The van der Waals surface area contributed by atoms with Gasteiger partial charge in [-0.25, -0.2) is 14.6 Å². The second-order valence-electron chi connectivity index (χ2n) is 5.87. The molecule has 0 bridgehead atoms. The summed E-state index contributed by atoms with van der Waals surface area (Å²) in [7, 11) is 0. The molecule has 3 rings (SSSR count). The van der Waals surface area contributed by atoms with E-state index in [1.54, 1.807) is 0 Å². The number of nitro groups is 1. The molecule has 134 valence electrons. The van der Waals surface area contributed by atoms with E-state index >= 15 is 0 Å². The minimum Gasteiger partial charge on any atom is -0.379 e. The minimum atomic E-state index is -0.469. The molecule has 0 aromatic carbocycles. The van der Waals surface area contributed by atoms with E-state index in [0.29, 0.717) is 6.54 Å². The van der Waals surface area contributed by atoms with Gasteiger partial charge in [0.15, 0.2) is 0 Å². The highest BCUT2D eigenvalue weighted by Crippen LogP contribution is 2.28. The van der Waals surface area contributed by atoms with Crippen LogP contribution < -0.4 is 5.32 Å². The first-order valence-electron chi connectivity index (χ1n) is 8.13. The maximum Gasteiger partial charge on any atom is 0.355 e. The highest BCUT2D eigenvalue weighted by atomic mass is 16.6. The number of hydrogen-bond donors (Lipinski definition) is 1. The number of nitrogens with zero attached hydrogens (tertiary/aromatic N) is 6. The molecule has 1 aliphatic heterocycles. The number of aryl methyl sites for hydroxylation is 2. The molecular weight excluding hydrogens is 326 g/mol. The van der Waals surface area contributed by atoms with E-state index in [4.69, 9.17) is 4.74 Å². The molecule has 0 saturated carbocycles. The molecule has 0 aliphatic carbocycles. The average molecular weight is 347 g/mol. The van der Waals surface area contributed by atoms with Crippen LogP contribution in [0.4, 0.5) is 11.5 Å². The first-order valence-corrected chi connectivity index (χ1v) is 8.13. The van der Waals surface area contributed by atoms with Gasteiger partial charge in [0.25, 0.3) is 0 Å². The summed E-state index contributed by atoms with van der Waals surface area (Å²) in [5.74, 6) is 0.371. The Hall–Kier alpha value is -2.59. The Morgan fingerprint density at radius 1 is 1.32 bits per heavy atom. The third-order valence-electron chi connectivity index (χ3n) is 4.02. The van der Waals surface area contributed by atoms with Crippen molar-refractivity contribution in [3.8, 4) is 5.82 Å². The lowest BCUT2D eigenvalue weighted by atomic mass is 10.3. The zero-order valence-corrected chi connectivity index (χ0v) is 14.3. The Kier molecular flexibility index (Phi) is 5.19. The van der Waals surface area contributed by atoms with Gasteiger partial charge in [0.2, 0.25) is 11.6 Å². The molecule has 1 N–H and O–H groups in total. The quantitative estimate of drug-likeness (QED) is 0.607. The Balaban J connectivity index is 1.80. The summed E-state index contributed by atoms with van der Waals surface area (Å²) in [6, 6.07) is 1.84. The molecule has 0 spiro atoms. The normalized spacial score (nSPS) is 15.3. The first-order chi connectivity index (χ1) is 12.1. The predicted octanol–water partition coefficient (Wildman–Crippen LogP) is 0.931. The smallest absolute Gasteiger partial charge is 0.355 e. The number of aromatic nitrogens is 4. The summed E-state index contributed by atoms with van der Waals surface area (Å²) in [5, 5.41) is 19.0. The molecule has 10 nitrogen and oxygen atoms in total. The third-order valence-corrected chi connectivity index (χ3v) is 4.02. The van der Waals surface area contributed by atoms with Gasteiger partial charge in [-0.2, -0.15) is 5.10 Å². The molecule has 0 radical (unpaired) electrons. The van der Waals surface area contributed by atoms with Gasteiger partial charge in [0.05, 0.1) is 23.8 Å². The molecule has 0 unspecified atom stereocenters. The van der Waals surface area contributed by atoms with Crippen molar-refractivity contribution in [1.82, 2.24) is 24.6 Å². The summed E-state index contributed by atoms with van der Waals surface area (Å²) in [5.41, 5.74) is 1.38. The molecule has 1 aliphatic rings. The Morgan fingerprint density at radius 2 is 2.08 bits per heavy atom. The van der Waals surface area contributed by atoms with Crippen molar-refractivity contribution in [2.24, 2.45) is 0 Å². The van der Waals surface area contributed by atoms with Crippen LogP contribution >= 0.6 is 0 Å². The van der Waals surface area contributed by atoms with Gasteiger partial charge in [-0.1, -0.05) is 0 Å². The topological polar surface area (TPSA) is 111 Å². The Bertz CT molecular complexity index is 756. The van der Waals surface area contributed by atoms with Crippen LogP contribution in [0, 0.1) is 24.0 Å². The van der Waals surface area contributed by atoms with Crippen LogP contribution in [-0.2, 0) is 4.74 Å². The maximum atomic E-state index is 11.6. The monoisotopic (exact) mass is 347 g/mol. The Morgan fingerprint density at radius 3 is 2.72 bits per heavy atom. The van der Waals surface area contributed by atoms with Crippen LogP contribution in [0.5, 0.6) is 0 Å². The lowest BCUT2D eigenvalue weighted by Gasteiger charge is -2.26. The number of anilines is 1. The van der Waals surface area contributed by atoms with E-state index in [2.05, 4.69) is 25.3 Å². The second kappa shape index (κ2) is 7.53. The maximum absolute atomic E-state index is 11.6. The molecular formula is C15H21N7O3. The fourth-order valence-electron chi connectivity index (χ4n) is 2.82. The summed E-state index contributed by atoms with van der Waals surface area (Å²) >= 11 is 0. The largest absolute Gasteiger partial charge is 0.379 e. The molecule has 2 aromatic rings. The minimum absolute atomic E-state index is 0.166. The highest BCUT2D eigenvalue weighted by Gasteiger charge is 2.25. The van der Waals surface area contributed by atoms with Crippen molar-refractivity contribution in [3.63, 3.8) is 0 Å². The molecule has 1 fully saturated rings. The van der Waals surface area contributed by atoms with Gasteiger partial charge in [-0.05, 0) is 19.9 Å². The van der Waals surface area contributed by atoms with Gasteiger partial charge in [0.1, 0.15) is 6.33 Å². The number of morpholine rings is 1. The highest BCUT2D eigenvalue weighted by molar-refractivity contribution is 5.64. The van der Waals surface area contributed by atoms with Gasteiger partial charge in [-0.3, -0.25) is 15.0 Å². The number of ether oxygens (including phenoxy) is 1.